The van der Waals surface area contributed by atoms with Gasteiger partial charge in [-0.1, -0.05) is 44.2 Å². The van der Waals surface area contributed by atoms with E-state index in [-0.39, 0.29) is 66.0 Å². The van der Waals surface area contributed by atoms with Gasteiger partial charge in [-0.25, -0.2) is 9.07 Å². The second-order valence-corrected chi connectivity index (χ2v) is 9.91. The van der Waals surface area contributed by atoms with Crippen LogP contribution < -0.4 is 34.7 Å². The van der Waals surface area contributed by atoms with E-state index in [1.807, 2.05) is 51.1 Å². The number of hydrogen-bond donors (Lipinski definition) is 2. The molecular weight excluding hydrogens is 512 g/mol. The van der Waals surface area contributed by atoms with E-state index in [1.54, 1.807) is 28.8 Å². The van der Waals surface area contributed by atoms with Crippen molar-refractivity contribution in [3.63, 3.8) is 0 Å². The van der Waals surface area contributed by atoms with Gasteiger partial charge in [0.05, 0.1) is 23.9 Å². The zero-order valence-electron chi connectivity index (χ0n) is 23.2. The number of halogens is 1. The fourth-order valence-electron chi connectivity index (χ4n) is 4.58. The summed E-state index contributed by atoms with van der Waals surface area (Å²) in [6, 6.07) is 15.2. The summed E-state index contributed by atoms with van der Waals surface area (Å²) in [6.45, 7) is 5.84. The molecule has 0 spiro atoms. The van der Waals surface area contributed by atoms with Gasteiger partial charge in [0.25, 0.3) is 5.91 Å². The van der Waals surface area contributed by atoms with Crippen molar-refractivity contribution in [2.45, 2.75) is 70.6 Å². The predicted molar refractivity (Wildman–Crippen MR) is 139 cm³/mol. The van der Waals surface area contributed by atoms with Crippen molar-refractivity contribution >= 4 is 11.9 Å². The molecule has 0 saturated carbocycles. The number of carboxylic acid groups (broad SMARTS) is 1. The molecule has 3 rings (SSSR count). The summed E-state index contributed by atoms with van der Waals surface area (Å²) in [7, 11) is 1.73. The summed E-state index contributed by atoms with van der Waals surface area (Å²) in [5.74, 6) is -2.16. The van der Waals surface area contributed by atoms with Gasteiger partial charge in [0.15, 0.2) is 5.69 Å². The summed E-state index contributed by atoms with van der Waals surface area (Å²) in [5.41, 5.74) is 3.22. The third-order valence-electron chi connectivity index (χ3n) is 6.72. The third-order valence-corrected chi connectivity index (χ3v) is 6.72. The quantitative estimate of drug-likeness (QED) is 0.312. The van der Waals surface area contributed by atoms with Gasteiger partial charge >= 0.3 is 29.6 Å². The maximum absolute atomic E-state index is 13.8. The molecular formula is C29H35FN3NaO5. The monoisotopic (exact) mass is 547 g/mol. The molecule has 2 aromatic carbocycles. The van der Waals surface area contributed by atoms with Crippen molar-refractivity contribution in [3.05, 3.63) is 82.9 Å². The largest absolute Gasteiger partial charge is 1.00 e. The Kier molecular flexibility index (Phi) is 12.3. The zero-order valence-corrected chi connectivity index (χ0v) is 25.2. The number of amides is 1. The van der Waals surface area contributed by atoms with Crippen LogP contribution in [0.3, 0.4) is 0 Å². The van der Waals surface area contributed by atoms with Gasteiger partial charge in [-0.3, -0.25) is 4.79 Å². The molecule has 1 heterocycles. The number of carbonyl (C=O) groups excluding carboxylic acids is 2. The molecule has 0 bridgehead atoms. The van der Waals surface area contributed by atoms with Crippen molar-refractivity contribution < 1.29 is 58.9 Å². The second kappa shape index (κ2) is 14.7. The number of carbonyl (C=O) groups is 2. The maximum atomic E-state index is 13.8. The number of nitrogens with zero attached hydrogens (tertiary/aromatic N) is 3. The third kappa shape index (κ3) is 8.46. The van der Waals surface area contributed by atoms with Gasteiger partial charge in [0.2, 0.25) is 0 Å². The minimum atomic E-state index is -1.39. The van der Waals surface area contributed by atoms with E-state index >= 15 is 0 Å². The maximum Gasteiger partial charge on any atom is 1.00 e. The molecule has 0 aliphatic rings. The topological polar surface area (TPSA) is 119 Å². The molecule has 0 unspecified atom stereocenters. The van der Waals surface area contributed by atoms with Crippen LogP contribution in [0.2, 0.25) is 0 Å². The minimum absolute atomic E-state index is 0. The van der Waals surface area contributed by atoms with Crippen LogP contribution in [0.4, 0.5) is 4.39 Å². The first-order chi connectivity index (χ1) is 18.0. The van der Waals surface area contributed by atoms with Crippen LogP contribution in [-0.4, -0.2) is 56.0 Å². The molecule has 0 saturated heterocycles. The van der Waals surface area contributed by atoms with Crippen LogP contribution in [0.15, 0.2) is 54.6 Å². The number of aromatic nitrogens is 2. The van der Waals surface area contributed by atoms with E-state index in [0.29, 0.717) is 23.4 Å². The first-order valence-corrected chi connectivity index (χ1v) is 12.7. The number of benzene rings is 2. The van der Waals surface area contributed by atoms with E-state index in [2.05, 4.69) is 0 Å². The van der Waals surface area contributed by atoms with E-state index in [9.17, 15) is 29.3 Å². The summed E-state index contributed by atoms with van der Waals surface area (Å²) in [6.07, 6.45) is -2.42. The summed E-state index contributed by atoms with van der Waals surface area (Å²) >= 11 is 0. The average Bonchev–Trinajstić information content (AvgIpc) is 3.26. The number of aliphatic hydroxyl groups excluding tert-OH is 2. The van der Waals surface area contributed by atoms with E-state index in [4.69, 9.17) is 5.10 Å². The fraction of sp³-hybridized carbons (Fsp3) is 0.414. The zero-order chi connectivity index (χ0) is 28.0. The molecule has 8 nitrogen and oxygen atoms in total. The number of rotatable bonds is 12. The number of hydrogen-bond acceptors (Lipinski definition) is 6. The molecule has 1 aromatic heterocycles. The van der Waals surface area contributed by atoms with Gasteiger partial charge in [-0.05, 0) is 61.9 Å². The van der Waals surface area contributed by atoms with Crippen molar-refractivity contribution in [2.24, 2.45) is 0 Å². The molecule has 0 aliphatic carbocycles. The Morgan fingerprint density at radius 2 is 1.64 bits per heavy atom. The SMILES string of the molecule is CC(C)c1c(C(=O)N(C)[C@H](C)c2ccccc2)nn(-c2ccc(F)cc2)c1CC[C@@H](O)C[C@@H](O)CC(=O)[O-].[Na+]. The molecule has 1 amide bonds. The molecule has 204 valence electrons. The summed E-state index contributed by atoms with van der Waals surface area (Å²) in [4.78, 5) is 26.1. The average molecular weight is 548 g/mol. The fourth-order valence-corrected chi connectivity index (χ4v) is 4.58. The van der Waals surface area contributed by atoms with Gasteiger partial charge in [-0.15, -0.1) is 0 Å². The van der Waals surface area contributed by atoms with Crippen LogP contribution in [-0.2, 0) is 11.2 Å². The van der Waals surface area contributed by atoms with Crippen LogP contribution >= 0.6 is 0 Å². The number of carboxylic acids is 1. The second-order valence-electron chi connectivity index (χ2n) is 9.91. The Balaban J connectivity index is 0.00000533. The smallest absolute Gasteiger partial charge is 0.550 e. The summed E-state index contributed by atoms with van der Waals surface area (Å²) < 4.78 is 15.3. The van der Waals surface area contributed by atoms with E-state index < -0.39 is 30.4 Å². The van der Waals surface area contributed by atoms with Gasteiger partial charge in [-0.2, -0.15) is 5.10 Å². The Hall–Kier alpha value is -2.56. The minimum Gasteiger partial charge on any atom is -0.550 e. The molecule has 3 atom stereocenters. The Bertz CT molecular complexity index is 1230. The predicted octanol–water partition coefficient (Wildman–Crippen LogP) is 0.157. The molecule has 0 fully saturated rings. The van der Waals surface area contributed by atoms with Gasteiger partial charge in [0.1, 0.15) is 5.82 Å². The Morgan fingerprint density at radius 1 is 1.03 bits per heavy atom. The Morgan fingerprint density at radius 3 is 2.21 bits per heavy atom. The Labute approximate surface area is 250 Å². The normalized spacial score (nSPS) is 13.4. The van der Waals surface area contributed by atoms with Crippen LogP contribution in [0, 0.1) is 5.82 Å². The van der Waals surface area contributed by atoms with Crippen molar-refractivity contribution in [3.8, 4) is 5.69 Å². The van der Waals surface area contributed by atoms with Crippen molar-refractivity contribution in [1.82, 2.24) is 14.7 Å². The van der Waals surface area contributed by atoms with Crippen LogP contribution in [0.5, 0.6) is 0 Å². The van der Waals surface area contributed by atoms with Crippen LogP contribution in [0.1, 0.15) is 79.3 Å². The molecule has 2 N–H and O–H groups in total. The van der Waals surface area contributed by atoms with E-state index in [1.165, 1.54) is 12.1 Å². The molecule has 39 heavy (non-hydrogen) atoms. The van der Waals surface area contributed by atoms with Gasteiger partial charge in [0, 0.05) is 30.7 Å². The molecule has 3 aromatic rings. The number of aliphatic carboxylic acids is 1. The molecule has 10 heteroatoms. The van der Waals surface area contributed by atoms with Gasteiger partial charge < -0.3 is 25.0 Å². The van der Waals surface area contributed by atoms with E-state index in [0.717, 1.165) is 5.56 Å². The first kappa shape index (κ1) is 32.7. The summed E-state index contributed by atoms with van der Waals surface area (Å²) in [5, 5.41) is 35.8. The van der Waals surface area contributed by atoms with Crippen molar-refractivity contribution in [1.29, 1.82) is 0 Å². The first-order valence-electron chi connectivity index (χ1n) is 12.7. The number of aliphatic hydroxyl groups is 2. The standard InChI is InChI=1S/C29H36FN3O5.Na/c1-18(2)27-25(15-14-23(34)16-24(35)17-26(36)37)33(22-12-10-21(30)11-13-22)31-28(27)29(38)32(4)19(3)20-8-6-5-7-9-20;/h5-13,18-19,23-24,34-35H,14-17H2,1-4H3,(H,36,37);/q;+1/p-1/t19-,23-,24-;/m1./s1. The van der Waals surface area contributed by atoms with Crippen LogP contribution in [0.25, 0.3) is 5.69 Å². The van der Waals surface area contributed by atoms with Crippen molar-refractivity contribution in [2.75, 3.05) is 7.05 Å². The molecule has 0 radical (unpaired) electrons. The molecule has 0 aliphatic heterocycles.